The summed E-state index contributed by atoms with van der Waals surface area (Å²) < 4.78 is 0. The average molecular weight is 476 g/mol. The predicted molar refractivity (Wildman–Crippen MR) is 133 cm³/mol. The number of fused-ring (bicyclic) bond motifs is 1. The number of aromatic nitrogens is 2. The van der Waals surface area contributed by atoms with Crippen molar-refractivity contribution in [2.24, 2.45) is 11.8 Å². The summed E-state index contributed by atoms with van der Waals surface area (Å²) in [4.78, 5) is 11.3. The van der Waals surface area contributed by atoms with Crippen molar-refractivity contribution < 1.29 is 0 Å². The summed E-state index contributed by atoms with van der Waals surface area (Å²) in [7, 11) is 0. The summed E-state index contributed by atoms with van der Waals surface area (Å²) in [6, 6.07) is 8.31. The Hall–Kier alpha value is -1.46. The van der Waals surface area contributed by atoms with E-state index in [9.17, 15) is 0 Å². The molecule has 0 aliphatic carbocycles. The van der Waals surface area contributed by atoms with Crippen LogP contribution in [0.3, 0.4) is 0 Å². The van der Waals surface area contributed by atoms with Crippen molar-refractivity contribution in [3.05, 3.63) is 56.7 Å². The molecule has 0 saturated heterocycles. The highest BCUT2D eigenvalue weighted by Crippen LogP contribution is 2.40. The molecule has 0 saturated carbocycles. The Morgan fingerprint density at radius 2 is 1.10 bits per heavy atom. The van der Waals surface area contributed by atoms with Crippen molar-refractivity contribution in [3.63, 3.8) is 0 Å². The minimum absolute atomic E-state index is 0.584. The van der Waals surface area contributed by atoms with Gasteiger partial charge in [0.2, 0.25) is 0 Å². The van der Waals surface area contributed by atoms with Crippen molar-refractivity contribution >= 4 is 56.6 Å². The highest BCUT2D eigenvalue weighted by atomic mass is 35.5. The number of rotatable bonds is 6. The van der Waals surface area contributed by atoms with E-state index in [4.69, 9.17) is 23.2 Å². The fourth-order valence-corrected chi connectivity index (χ4v) is 6.41. The molecule has 0 atom stereocenters. The number of halogens is 2. The van der Waals surface area contributed by atoms with E-state index in [1.807, 2.05) is 24.5 Å². The molecule has 6 heteroatoms. The first-order chi connectivity index (χ1) is 14.3. The molecule has 0 aliphatic rings. The van der Waals surface area contributed by atoms with E-state index in [-0.39, 0.29) is 0 Å². The zero-order valence-electron chi connectivity index (χ0n) is 17.5. The second-order valence-electron chi connectivity index (χ2n) is 8.44. The Morgan fingerprint density at radius 1 is 0.700 bits per heavy atom. The fourth-order valence-electron chi connectivity index (χ4n) is 3.43. The summed E-state index contributed by atoms with van der Waals surface area (Å²) in [5, 5.41) is 5.92. The van der Waals surface area contributed by atoms with Crippen molar-refractivity contribution in [1.29, 1.82) is 0 Å². The molecule has 0 bridgehead atoms. The third-order valence-electron chi connectivity index (χ3n) is 4.82. The molecule has 30 heavy (non-hydrogen) atoms. The Morgan fingerprint density at radius 3 is 1.47 bits per heavy atom. The molecule has 2 nitrogen and oxygen atoms in total. The van der Waals surface area contributed by atoms with Crippen LogP contribution in [-0.2, 0) is 12.8 Å². The smallest absolute Gasteiger partial charge is 0.0933 e. The molecule has 156 valence electrons. The first-order valence-electron chi connectivity index (χ1n) is 10.1. The Bertz CT molecular complexity index is 1100. The van der Waals surface area contributed by atoms with E-state index in [1.165, 1.54) is 0 Å². The summed E-state index contributed by atoms with van der Waals surface area (Å²) in [5.74, 6) is 1.17. The maximum absolute atomic E-state index is 6.69. The van der Waals surface area contributed by atoms with Crippen molar-refractivity contribution in [2.45, 2.75) is 40.5 Å². The number of thiazole rings is 2. The topological polar surface area (TPSA) is 25.8 Å². The van der Waals surface area contributed by atoms with Gasteiger partial charge in [0.25, 0.3) is 0 Å². The summed E-state index contributed by atoms with van der Waals surface area (Å²) in [6.07, 6.45) is 5.83. The summed E-state index contributed by atoms with van der Waals surface area (Å²) >= 11 is 16.8. The van der Waals surface area contributed by atoms with Crippen LogP contribution in [0.15, 0.2) is 36.7 Å². The maximum Gasteiger partial charge on any atom is 0.0933 e. The van der Waals surface area contributed by atoms with E-state index in [0.717, 1.165) is 64.6 Å². The van der Waals surface area contributed by atoms with Gasteiger partial charge >= 0.3 is 0 Å². The number of hydrogen-bond acceptors (Lipinski definition) is 4. The standard InChI is InChI=1S/C24H24Cl2N2S2/c1-13(2)5-23-27-11-21(29-23)17-7-15-10-20(26)18(8-16(15)9-19(17)25)22-12-28-24(30-22)6-14(3)4/h7-14H,5-6H2,1-4H3. The van der Waals surface area contributed by atoms with Crippen molar-refractivity contribution in [1.82, 2.24) is 9.97 Å². The van der Waals surface area contributed by atoms with Gasteiger partial charge in [0.15, 0.2) is 0 Å². The first-order valence-corrected chi connectivity index (χ1v) is 12.5. The van der Waals surface area contributed by atoms with Crippen LogP contribution < -0.4 is 0 Å². The lowest BCUT2D eigenvalue weighted by atomic mass is 10.0. The largest absolute Gasteiger partial charge is 0.249 e. The van der Waals surface area contributed by atoms with E-state index in [1.54, 1.807) is 22.7 Å². The van der Waals surface area contributed by atoms with Crippen LogP contribution >= 0.6 is 45.9 Å². The van der Waals surface area contributed by atoms with Gasteiger partial charge in [0.1, 0.15) is 0 Å². The predicted octanol–water partition coefficient (Wildman–Crippen LogP) is 8.79. The molecular formula is C24H24Cl2N2S2. The van der Waals surface area contributed by atoms with Gasteiger partial charge in [-0.25, -0.2) is 9.97 Å². The van der Waals surface area contributed by atoms with Gasteiger partial charge < -0.3 is 0 Å². The lowest BCUT2D eigenvalue weighted by Crippen LogP contribution is -1.91. The molecule has 0 spiro atoms. The molecule has 2 heterocycles. The minimum Gasteiger partial charge on any atom is -0.249 e. The van der Waals surface area contributed by atoms with Crippen LogP contribution in [0, 0.1) is 11.8 Å². The second kappa shape index (κ2) is 8.96. The zero-order valence-corrected chi connectivity index (χ0v) is 20.6. The van der Waals surface area contributed by atoms with Crippen LogP contribution in [0.4, 0.5) is 0 Å². The van der Waals surface area contributed by atoms with Crippen LogP contribution in [0.2, 0.25) is 10.0 Å². The maximum atomic E-state index is 6.69. The lowest BCUT2D eigenvalue weighted by molar-refractivity contribution is 0.644. The Balaban J connectivity index is 1.71. The SMILES string of the molecule is CC(C)Cc1ncc(-c2cc3cc(Cl)c(-c4cnc(CC(C)C)s4)cc3cc2Cl)s1. The van der Waals surface area contributed by atoms with Gasteiger partial charge in [-0.05, 0) is 46.9 Å². The first kappa shape index (κ1) is 21.8. The molecule has 4 rings (SSSR count). The van der Waals surface area contributed by atoms with Gasteiger partial charge in [-0.15, -0.1) is 22.7 Å². The zero-order chi connectivity index (χ0) is 21.4. The highest BCUT2D eigenvalue weighted by molar-refractivity contribution is 7.15. The van der Waals surface area contributed by atoms with Crippen LogP contribution in [0.25, 0.3) is 31.7 Å². The van der Waals surface area contributed by atoms with Crippen LogP contribution in [-0.4, -0.2) is 9.97 Å². The minimum atomic E-state index is 0.584. The van der Waals surface area contributed by atoms with Crippen molar-refractivity contribution in [2.75, 3.05) is 0 Å². The molecule has 0 aliphatic heterocycles. The lowest BCUT2D eigenvalue weighted by Gasteiger charge is -2.09. The highest BCUT2D eigenvalue weighted by Gasteiger charge is 2.14. The molecule has 0 amide bonds. The van der Waals surface area contributed by atoms with Gasteiger partial charge in [0.05, 0.1) is 19.8 Å². The molecule has 0 unspecified atom stereocenters. The molecule has 0 fully saturated rings. The molecular weight excluding hydrogens is 451 g/mol. The monoisotopic (exact) mass is 474 g/mol. The van der Waals surface area contributed by atoms with E-state index < -0.39 is 0 Å². The van der Waals surface area contributed by atoms with E-state index in [2.05, 4.69) is 49.8 Å². The van der Waals surface area contributed by atoms with E-state index in [0.29, 0.717) is 11.8 Å². The molecule has 2 aromatic heterocycles. The second-order valence-corrected chi connectivity index (χ2v) is 11.5. The summed E-state index contributed by atoms with van der Waals surface area (Å²) in [6.45, 7) is 8.83. The van der Waals surface area contributed by atoms with Crippen LogP contribution in [0.1, 0.15) is 37.7 Å². The van der Waals surface area contributed by atoms with Gasteiger partial charge in [-0.2, -0.15) is 0 Å². The Kier molecular flexibility index (Phi) is 6.50. The van der Waals surface area contributed by atoms with Crippen molar-refractivity contribution in [3.8, 4) is 20.9 Å². The number of nitrogens with zero attached hydrogens (tertiary/aromatic N) is 2. The Labute approximate surface area is 195 Å². The van der Waals surface area contributed by atoms with Gasteiger partial charge in [-0.3, -0.25) is 0 Å². The number of benzene rings is 2. The number of hydrogen-bond donors (Lipinski definition) is 0. The molecule has 0 radical (unpaired) electrons. The molecule has 4 aromatic rings. The summed E-state index contributed by atoms with van der Waals surface area (Å²) in [5.41, 5.74) is 2.02. The van der Waals surface area contributed by atoms with Gasteiger partial charge in [0, 0.05) is 46.4 Å². The third kappa shape index (κ3) is 4.72. The quantitative estimate of drug-likeness (QED) is 0.278. The molecule has 2 aromatic carbocycles. The third-order valence-corrected chi connectivity index (χ3v) is 7.55. The van der Waals surface area contributed by atoms with E-state index >= 15 is 0 Å². The average Bonchev–Trinajstić information content (AvgIpc) is 3.30. The molecule has 0 N–H and O–H groups in total. The normalized spacial score (nSPS) is 11.9. The fraction of sp³-hybridized carbons (Fsp3) is 0.333. The van der Waals surface area contributed by atoms with Gasteiger partial charge in [-0.1, -0.05) is 50.9 Å². The van der Waals surface area contributed by atoms with Crippen LogP contribution in [0.5, 0.6) is 0 Å².